The Balaban J connectivity index is 1.31. The van der Waals surface area contributed by atoms with Crippen LogP contribution in [0.25, 0.3) is 5.82 Å². The van der Waals surface area contributed by atoms with Crippen LogP contribution in [0, 0.1) is 11.9 Å². The summed E-state index contributed by atoms with van der Waals surface area (Å²) in [7, 11) is 0. The lowest BCUT2D eigenvalue weighted by molar-refractivity contribution is 0.252. The Labute approximate surface area is 178 Å². The fraction of sp³-hybridized carbons (Fsp3) is 0.400. The third-order valence-electron chi connectivity index (χ3n) is 5.14. The summed E-state index contributed by atoms with van der Waals surface area (Å²) in [5.41, 5.74) is 0.538. The van der Waals surface area contributed by atoms with E-state index in [-0.39, 0.29) is 6.03 Å². The molecule has 4 heterocycles. The van der Waals surface area contributed by atoms with Gasteiger partial charge >= 0.3 is 6.03 Å². The molecule has 0 atom stereocenters. The number of aromatic nitrogens is 4. The normalized spacial score (nSPS) is 14.7. The summed E-state index contributed by atoms with van der Waals surface area (Å²) in [6.07, 6.45) is 6.24. The number of nitrogens with zero attached hydrogens (tertiary/aromatic N) is 5. The number of rotatable bonds is 6. The molecular formula is C20H24FN7OS. The van der Waals surface area contributed by atoms with Gasteiger partial charge in [-0.3, -0.25) is 5.32 Å². The van der Waals surface area contributed by atoms with E-state index < -0.39 is 5.95 Å². The second-order valence-corrected chi connectivity index (χ2v) is 8.12. The van der Waals surface area contributed by atoms with Crippen molar-refractivity contribution in [2.45, 2.75) is 26.2 Å². The summed E-state index contributed by atoms with van der Waals surface area (Å²) in [6, 6.07) is 7.04. The molecule has 0 unspecified atom stereocenters. The van der Waals surface area contributed by atoms with Gasteiger partial charge in [-0.25, -0.2) is 9.48 Å². The number of hydrogen-bond donors (Lipinski definition) is 2. The van der Waals surface area contributed by atoms with Gasteiger partial charge in [0.1, 0.15) is 5.82 Å². The molecule has 30 heavy (non-hydrogen) atoms. The number of hydrogen-bond acceptors (Lipinski definition) is 6. The summed E-state index contributed by atoms with van der Waals surface area (Å²) >= 11 is 1.42. The van der Waals surface area contributed by atoms with Gasteiger partial charge in [-0.05, 0) is 67.9 Å². The van der Waals surface area contributed by atoms with E-state index >= 15 is 0 Å². The lowest BCUT2D eigenvalue weighted by Crippen LogP contribution is -2.35. The Hall–Kier alpha value is -3.01. The molecule has 4 rings (SSSR count). The van der Waals surface area contributed by atoms with Crippen LogP contribution in [0.2, 0.25) is 0 Å². The first-order valence-electron chi connectivity index (χ1n) is 10.0. The van der Waals surface area contributed by atoms with Gasteiger partial charge in [-0.2, -0.15) is 18.8 Å². The van der Waals surface area contributed by atoms with Crippen LogP contribution >= 0.6 is 11.5 Å². The Morgan fingerprint density at radius 3 is 2.87 bits per heavy atom. The molecular weight excluding hydrogens is 405 g/mol. The van der Waals surface area contributed by atoms with Crippen LogP contribution in [0.5, 0.6) is 0 Å². The first-order chi connectivity index (χ1) is 14.6. The summed E-state index contributed by atoms with van der Waals surface area (Å²) in [4.78, 5) is 18.9. The van der Waals surface area contributed by atoms with Crippen LogP contribution in [-0.2, 0) is 6.42 Å². The molecule has 0 bridgehead atoms. The number of anilines is 2. The molecule has 0 radical (unpaired) electrons. The summed E-state index contributed by atoms with van der Waals surface area (Å²) in [6.45, 7) is 4.01. The first kappa shape index (κ1) is 20.3. The number of piperidine rings is 1. The second kappa shape index (κ2) is 9.21. The van der Waals surface area contributed by atoms with Crippen molar-refractivity contribution < 1.29 is 9.18 Å². The van der Waals surface area contributed by atoms with Gasteiger partial charge in [0, 0.05) is 36.9 Å². The third-order valence-corrected chi connectivity index (χ3v) is 5.94. The van der Waals surface area contributed by atoms with Crippen molar-refractivity contribution in [1.82, 2.24) is 24.5 Å². The highest BCUT2D eigenvalue weighted by atomic mass is 32.1. The highest BCUT2D eigenvalue weighted by Crippen LogP contribution is 2.29. The highest BCUT2D eigenvalue weighted by Gasteiger charge is 2.23. The van der Waals surface area contributed by atoms with Gasteiger partial charge in [0.15, 0.2) is 5.82 Å². The fourth-order valence-corrected chi connectivity index (χ4v) is 4.43. The maximum Gasteiger partial charge on any atom is 0.320 e. The first-order valence-corrected chi connectivity index (χ1v) is 10.8. The van der Waals surface area contributed by atoms with Crippen LogP contribution in [0.4, 0.5) is 20.7 Å². The molecule has 2 N–H and O–H groups in total. The van der Waals surface area contributed by atoms with Crippen LogP contribution in [0.1, 0.15) is 24.6 Å². The lowest BCUT2D eigenvalue weighted by Gasteiger charge is -2.33. The predicted molar refractivity (Wildman–Crippen MR) is 115 cm³/mol. The van der Waals surface area contributed by atoms with E-state index in [4.69, 9.17) is 0 Å². The molecule has 1 aliphatic rings. The zero-order valence-electron chi connectivity index (χ0n) is 16.7. The molecule has 8 nitrogen and oxygen atoms in total. The summed E-state index contributed by atoms with van der Waals surface area (Å²) in [5, 5.41) is 9.51. The van der Waals surface area contributed by atoms with E-state index in [0.29, 0.717) is 29.8 Å². The Morgan fingerprint density at radius 1 is 1.33 bits per heavy atom. The van der Waals surface area contributed by atoms with Gasteiger partial charge in [0.25, 0.3) is 0 Å². The van der Waals surface area contributed by atoms with Crippen molar-refractivity contribution in [2.24, 2.45) is 5.92 Å². The fourth-order valence-electron chi connectivity index (χ4n) is 3.64. The molecule has 158 valence electrons. The number of nitrogens with one attached hydrogen (secondary N) is 2. The average molecular weight is 430 g/mol. The van der Waals surface area contributed by atoms with Gasteiger partial charge < -0.3 is 10.2 Å². The zero-order valence-corrected chi connectivity index (χ0v) is 17.5. The topological polar surface area (TPSA) is 88.0 Å². The minimum Gasteiger partial charge on any atom is -0.368 e. The second-order valence-electron chi connectivity index (χ2n) is 7.23. The highest BCUT2D eigenvalue weighted by molar-refractivity contribution is 7.06. The largest absolute Gasteiger partial charge is 0.368 e. The molecule has 1 aliphatic heterocycles. The van der Waals surface area contributed by atoms with E-state index in [0.717, 1.165) is 37.2 Å². The molecule has 0 aliphatic carbocycles. The number of halogens is 1. The van der Waals surface area contributed by atoms with E-state index in [9.17, 15) is 9.18 Å². The van der Waals surface area contributed by atoms with Crippen molar-refractivity contribution in [1.29, 1.82) is 0 Å². The van der Waals surface area contributed by atoms with Crippen LogP contribution < -0.4 is 15.5 Å². The van der Waals surface area contributed by atoms with Crippen molar-refractivity contribution >= 4 is 29.1 Å². The molecule has 3 aromatic heterocycles. The smallest absolute Gasteiger partial charge is 0.320 e. The Morgan fingerprint density at radius 2 is 2.17 bits per heavy atom. The van der Waals surface area contributed by atoms with Gasteiger partial charge in [-0.1, -0.05) is 0 Å². The molecule has 3 aromatic rings. The number of carbonyl (C=O) groups is 1. The van der Waals surface area contributed by atoms with Gasteiger partial charge in [0.05, 0.1) is 5.69 Å². The minimum atomic E-state index is -0.468. The van der Waals surface area contributed by atoms with Crippen molar-refractivity contribution in [3.05, 3.63) is 47.5 Å². The Kier molecular flexibility index (Phi) is 6.22. The molecule has 2 amide bonds. The predicted octanol–water partition coefficient (Wildman–Crippen LogP) is 3.46. The summed E-state index contributed by atoms with van der Waals surface area (Å²) < 4.78 is 20.4. The van der Waals surface area contributed by atoms with Gasteiger partial charge in [-0.15, -0.1) is 0 Å². The van der Waals surface area contributed by atoms with E-state index in [1.54, 1.807) is 35.3 Å². The standard InChI is InChI=1S/C20H24FN7OS/c1-2-22-20(29)24-17-13-15(30-26-17)12-14-6-10-27(11-7-14)16-4-5-18(25-19(16)21)28-9-3-8-23-28/h3-5,8-9,13-14H,2,6-7,10-12H2,1H3,(H2,22,24,26,29). The van der Waals surface area contributed by atoms with E-state index in [1.165, 1.54) is 11.5 Å². The average Bonchev–Trinajstić information content (AvgIpc) is 3.41. The third kappa shape index (κ3) is 4.76. The monoisotopic (exact) mass is 429 g/mol. The van der Waals surface area contributed by atoms with Crippen LogP contribution in [0.15, 0.2) is 36.7 Å². The van der Waals surface area contributed by atoms with Crippen molar-refractivity contribution in [3.8, 4) is 5.82 Å². The maximum absolute atomic E-state index is 14.6. The van der Waals surface area contributed by atoms with Gasteiger partial charge in [0.2, 0.25) is 5.95 Å². The molecule has 1 fully saturated rings. The number of carbonyl (C=O) groups excluding carboxylic acids is 1. The van der Waals surface area contributed by atoms with E-state index in [1.807, 2.05) is 13.0 Å². The van der Waals surface area contributed by atoms with Crippen molar-refractivity contribution in [3.63, 3.8) is 0 Å². The lowest BCUT2D eigenvalue weighted by atomic mass is 9.92. The quantitative estimate of drug-likeness (QED) is 0.586. The molecule has 10 heteroatoms. The SMILES string of the molecule is CCNC(=O)Nc1cc(CC2CCN(c3ccc(-n4cccn4)nc3F)CC2)sn1. The van der Waals surface area contributed by atoms with Crippen molar-refractivity contribution in [2.75, 3.05) is 29.9 Å². The molecule has 0 saturated carbocycles. The maximum atomic E-state index is 14.6. The molecule has 1 saturated heterocycles. The summed E-state index contributed by atoms with van der Waals surface area (Å²) in [5.74, 6) is 1.10. The zero-order chi connectivity index (χ0) is 20.9. The number of amides is 2. The molecule has 0 aromatic carbocycles. The number of urea groups is 1. The number of pyridine rings is 1. The minimum absolute atomic E-state index is 0.239. The Bertz CT molecular complexity index is 983. The van der Waals surface area contributed by atoms with Crippen LogP contribution in [0.3, 0.4) is 0 Å². The molecule has 0 spiro atoms. The van der Waals surface area contributed by atoms with Crippen LogP contribution in [-0.4, -0.2) is 44.8 Å². The van der Waals surface area contributed by atoms with E-state index in [2.05, 4.69) is 30.0 Å².